The molecule has 0 amide bonds. The van der Waals surface area contributed by atoms with Gasteiger partial charge in [0.1, 0.15) is 0 Å². The summed E-state index contributed by atoms with van der Waals surface area (Å²) < 4.78 is 12.4. The van der Waals surface area contributed by atoms with Crippen LogP contribution in [0.5, 0.6) is 0 Å². The van der Waals surface area contributed by atoms with Crippen LogP contribution in [0.15, 0.2) is 12.4 Å². The van der Waals surface area contributed by atoms with E-state index in [-0.39, 0.29) is 6.10 Å². The van der Waals surface area contributed by atoms with Crippen LogP contribution in [0.4, 0.5) is 0 Å². The number of nitrogens with one attached hydrogen (secondary N) is 1. The molecule has 6 nitrogen and oxygen atoms in total. The molecule has 0 bridgehead atoms. The van der Waals surface area contributed by atoms with Crippen molar-refractivity contribution < 1.29 is 14.6 Å². The number of rotatable bonds is 10. The fourth-order valence-electron chi connectivity index (χ4n) is 1.57. The van der Waals surface area contributed by atoms with Gasteiger partial charge in [-0.2, -0.15) is 5.10 Å². The maximum Gasteiger partial charge on any atom is 0.0897 e. The van der Waals surface area contributed by atoms with Gasteiger partial charge < -0.3 is 19.9 Å². The van der Waals surface area contributed by atoms with Crippen LogP contribution in [-0.4, -0.2) is 53.5 Å². The Labute approximate surface area is 114 Å². The quantitative estimate of drug-likeness (QED) is 0.600. The predicted molar refractivity (Wildman–Crippen MR) is 72.8 cm³/mol. The van der Waals surface area contributed by atoms with Crippen LogP contribution >= 0.6 is 0 Å². The highest BCUT2D eigenvalue weighted by molar-refractivity contribution is 5.02. The zero-order valence-electron chi connectivity index (χ0n) is 12.0. The van der Waals surface area contributed by atoms with E-state index in [1.165, 1.54) is 0 Å². The first kappa shape index (κ1) is 16.1. The van der Waals surface area contributed by atoms with Gasteiger partial charge >= 0.3 is 0 Å². The first-order valence-electron chi connectivity index (χ1n) is 6.63. The fraction of sp³-hybridized carbons (Fsp3) is 0.769. The van der Waals surface area contributed by atoms with Crippen molar-refractivity contribution in [3.8, 4) is 0 Å². The third-order valence-electron chi connectivity index (χ3n) is 2.46. The summed E-state index contributed by atoms with van der Waals surface area (Å²) >= 11 is 0. The first-order chi connectivity index (χ1) is 9.08. The molecule has 0 fully saturated rings. The molecule has 19 heavy (non-hydrogen) atoms. The van der Waals surface area contributed by atoms with Gasteiger partial charge in [-0.05, 0) is 13.8 Å². The molecule has 1 aromatic heterocycles. The van der Waals surface area contributed by atoms with Crippen LogP contribution < -0.4 is 5.32 Å². The summed E-state index contributed by atoms with van der Waals surface area (Å²) in [7, 11) is 1.88. The second kappa shape index (κ2) is 9.03. The van der Waals surface area contributed by atoms with Crippen LogP contribution in [0, 0.1) is 0 Å². The van der Waals surface area contributed by atoms with E-state index < -0.39 is 6.10 Å². The van der Waals surface area contributed by atoms with Gasteiger partial charge in [-0.1, -0.05) is 0 Å². The molecule has 1 aromatic rings. The maximum atomic E-state index is 9.69. The molecule has 0 saturated heterocycles. The number of hydrogen-bond acceptors (Lipinski definition) is 5. The van der Waals surface area contributed by atoms with Crippen molar-refractivity contribution in [3.05, 3.63) is 18.0 Å². The molecule has 2 N–H and O–H groups in total. The lowest BCUT2D eigenvalue weighted by Gasteiger charge is -2.12. The SMILES string of the molecule is CC(C)OCCOCC(O)CNCc1cnn(C)c1. The Bertz CT molecular complexity index is 342. The van der Waals surface area contributed by atoms with Gasteiger partial charge in [0.15, 0.2) is 0 Å². The molecule has 0 aliphatic carbocycles. The van der Waals surface area contributed by atoms with E-state index in [0.717, 1.165) is 5.56 Å². The minimum atomic E-state index is -0.504. The van der Waals surface area contributed by atoms with E-state index in [9.17, 15) is 5.11 Å². The topological polar surface area (TPSA) is 68.5 Å². The van der Waals surface area contributed by atoms with Crippen LogP contribution in [-0.2, 0) is 23.1 Å². The maximum absolute atomic E-state index is 9.69. The molecule has 0 aliphatic heterocycles. The van der Waals surface area contributed by atoms with E-state index in [1.54, 1.807) is 10.9 Å². The average molecular weight is 271 g/mol. The molecule has 110 valence electrons. The monoisotopic (exact) mass is 271 g/mol. The molecular formula is C13H25N3O3. The third kappa shape index (κ3) is 7.94. The Hall–Kier alpha value is -0.950. The van der Waals surface area contributed by atoms with Gasteiger partial charge in [0.05, 0.1) is 38.2 Å². The average Bonchev–Trinajstić information content (AvgIpc) is 2.74. The van der Waals surface area contributed by atoms with Gasteiger partial charge in [0, 0.05) is 31.9 Å². The second-order valence-corrected chi connectivity index (χ2v) is 4.80. The lowest BCUT2D eigenvalue weighted by molar-refractivity contribution is -0.0100. The summed E-state index contributed by atoms with van der Waals surface area (Å²) in [6.45, 7) is 6.56. The highest BCUT2D eigenvalue weighted by Gasteiger charge is 2.04. The fourth-order valence-corrected chi connectivity index (χ4v) is 1.57. The van der Waals surface area contributed by atoms with Crippen molar-refractivity contribution in [2.45, 2.75) is 32.6 Å². The van der Waals surface area contributed by atoms with Gasteiger partial charge in [0.25, 0.3) is 0 Å². The number of aromatic nitrogens is 2. The van der Waals surface area contributed by atoms with Gasteiger partial charge in [-0.25, -0.2) is 0 Å². The van der Waals surface area contributed by atoms with Crippen molar-refractivity contribution in [1.82, 2.24) is 15.1 Å². The highest BCUT2D eigenvalue weighted by atomic mass is 16.5. The second-order valence-electron chi connectivity index (χ2n) is 4.80. The Morgan fingerprint density at radius 2 is 2.21 bits per heavy atom. The van der Waals surface area contributed by atoms with Gasteiger partial charge in [0.2, 0.25) is 0 Å². The smallest absolute Gasteiger partial charge is 0.0897 e. The summed E-state index contributed by atoms with van der Waals surface area (Å²) in [5, 5.41) is 16.9. The van der Waals surface area contributed by atoms with Crippen molar-refractivity contribution in [2.75, 3.05) is 26.4 Å². The summed E-state index contributed by atoms with van der Waals surface area (Å²) in [6, 6.07) is 0. The zero-order valence-corrected chi connectivity index (χ0v) is 12.0. The minimum Gasteiger partial charge on any atom is -0.389 e. The summed E-state index contributed by atoms with van der Waals surface area (Å²) in [5.74, 6) is 0. The molecule has 1 heterocycles. The molecule has 0 spiro atoms. The number of hydrogen-bond donors (Lipinski definition) is 2. The highest BCUT2D eigenvalue weighted by Crippen LogP contribution is 1.95. The Morgan fingerprint density at radius 1 is 1.42 bits per heavy atom. The standard InChI is InChI=1S/C13H25N3O3/c1-11(2)19-5-4-18-10-13(17)8-14-6-12-7-15-16(3)9-12/h7,9,11,13-14,17H,4-6,8,10H2,1-3H3. The van der Waals surface area contributed by atoms with Crippen LogP contribution in [0.3, 0.4) is 0 Å². The molecule has 0 aromatic carbocycles. The first-order valence-corrected chi connectivity index (χ1v) is 6.63. The van der Waals surface area contributed by atoms with E-state index in [0.29, 0.717) is 32.9 Å². The molecule has 1 rings (SSSR count). The van der Waals surface area contributed by atoms with Crippen molar-refractivity contribution in [1.29, 1.82) is 0 Å². The normalized spacial score (nSPS) is 13.1. The van der Waals surface area contributed by atoms with Crippen LogP contribution in [0.25, 0.3) is 0 Å². The van der Waals surface area contributed by atoms with E-state index in [2.05, 4.69) is 10.4 Å². The van der Waals surface area contributed by atoms with Crippen LogP contribution in [0.1, 0.15) is 19.4 Å². The summed E-state index contributed by atoms with van der Waals surface area (Å²) in [4.78, 5) is 0. The van der Waals surface area contributed by atoms with E-state index >= 15 is 0 Å². The molecular weight excluding hydrogens is 246 g/mol. The molecule has 1 atom stereocenters. The molecule has 1 unspecified atom stereocenters. The van der Waals surface area contributed by atoms with Crippen molar-refractivity contribution >= 4 is 0 Å². The number of aryl methyl sites for hydroxylation is 1. The van der Waals surface area contributed by atoms with E-state index in [4.69, 9.17) is 9.47 Å². The zero-order chi connectivity index (χ0) is 14.1. The number of aliphatic hydroxyl groups excluding tert-OH is 1. The molecule has 6 heteroatoms. The Morgan fingerprint density at radius 3 is 2.84 bits per heavy atom. The summed E-state index contributed by atoms with van der Waals surface area (Å²) in [5.41, 5.74) is 1.10. The summed E-state index contributed by atoms with van der Waals surface area (Å²) in [6.07, 6.45) is 3.46. The molecule has 0 radical (unpaired) electrons. The third-order valence-corrected chi connectivity index (χ3v) is 2.46. The van der Waals surface area contributed by atoms with E-state index in [1.807, 2.05) is 27.1 Å². The molecule has 0 aliphatic rings. The Balaban J connectivity index is 1.97. The van der Waals surface area contributed by atoms with Crippen LogP contribution in [0.2, 0.25) is 0 Å². The molecule has 0 saturated carbocycles. The number of ether oxygens (including phenoxy) is 2. The lowest BCUT2D eigenvalue weighted by atomic mass is 10.3. The number of nitrogens with zero attached hydrogens (tertiary/aromatic N) is 2. The van der Waals surface area contributed by atoms with Crippen molar-refractivity contribution in [3.63, 3.8) is 0 Å². The largest absolute Gasteiger partial charge is 0.389 e. The van der Waals surface area contributed by atoms with Crippen molar-refractivity contribution in [2.24, 2.45) is 7.05 Å². The number of aliphatic hydroxyl groups is 1. The minimum absolute atomic E-state index is 0.217. The van der Waals surface area contributed by atoms with Gasteiger partial charge in [-0.15, -0.1) is 0 Å². The Kier molecular flexibility index (Phi) is 7.66. The lowest BCUT2D eigenvalue weighted by Crippen LogP contribution is -2.30. The predicted octanol–water partition coefficient (Wildman–Crippen LogP) is 0.312. The van der Waals surface area contributed by atoms with Gasteiger partial charge in [-0.3, -0.25) is 4.68 Å².